The Kier molecular flexibility index (Phi) is 3.46. The number of para-hydroxylation sites is 1. The molecule has 5 heteroatoms. The molecule has 3 aromatic rings. The van der Waals surface area contributed by atoms with Gasteiger partial charge in [0.1, 0.15) is 5.75 Å². The number of hydrogen-bond acceptors (Lipinski definition) is 4. The number of benzene rings is 1. The van der Waals surface area contributed by atoms with Gasteiger partial charge < -0.3 is 10.5 Å². The molecular formula is C15H17N3OS. The minimum absolute atomic E-state index is 0.453. The zero-order valence-corrected chi connectivity index (χ0v) is 12.4. The third kappa shape index (κ3) is 1.99. The molecule has 0 bridgehead atoms. The lowest BCUT2D eigenvalue weighted by Crippen LogP contribution is -2.04. The molecule has 0 saturated heterocycles. The number of nitrogens with zero attached hydrogens (tertiary/aromatic N) is 2. The van der Waals surface area contributed by atoms with Gasteiger partial charge in [-0.3, -0.25) is 4.40 Å². The average molecular weight is 287 g/mol. The first kappa shape index (κ1) is 13.1. The van der Waals surface area contributed by atoms with E-state index in [9.17, 15) is 0 Å². The topological polar surface area (TPSA) is 52.5 Å². The first-order valence-corrected chi connectivity index (χ1v) is 7.52. The SMILES string of the molecule is CCOc1ccccc1-c1nc2scc(C)n2c1CN. The van der Waals surface area contributed by atoms with Gasteiger partial charge in [0, 0.05) is 23.2 Å². The molecule has 0 aliphatic heterocycles. The van der Waals surface area contributed by atoms with Crippen molar-refractivity contribution in [1.29, 1.82) is 0 Å². The van der Waals surface area contributed by atoms with Gasteiger partial charge in [0.25, 0.3) is 0 Å². The molecule has 2 aromatic heterocycles. The Morgan fingerprint density at radius 1 is 1.35 bits per heavy atom. The number of thiazole rings is 1. The highest BCUT2D eigenvalue weighted by molar-refractivity contribution is 7.15. The van der Waals surface area contributed by atoms with Crippen molar-refractivity contribution in [2.24, 2.45) is 5.73 Å². The summed E-state index contributed by atoms with van der Waals surface area (Å²) in [6.45, 7) is 5.14. The fourth-order valence-corrected chi connectivity index (χ4v) is 3.30. The minimum atomic E-state index is 0.453. The zero-order chi connectivity index (χ0) is 14.1. The van der Waals surface area contributed by atoms with E-state index in [0.717, 1.165) is 33.4 Å². The molecule has 0 spiro atoms. The maximum absolute atomic E-state index is 5.95. The van der Waals surface area contributed by atoms with Crippen LogP contribution in [-0.4, -0.2) is 16.0 Å². The molecule has 0 fully saturated rings. The zero-order valence-electron chi connectivity index (χ0n) is 11.6. The van der Waals surface area contributed by atoms with E-state index in [1.165, 1.54) is 0 Å². The van der Waals surface area contributed by atoms with Gasteiger partial charge in [-0.15, -0.1) is 11.3 Å². The number of nitrogens with two attached hydrogens (primary N) is 1. The Morgan fingerprint density at radius 2 is 2.15 bits per heavy atom. The second-order valence-electron chi connectivity index (χ2n) is 4.54. The third-order valence-electron chi connectivity index (χ3n) is 3.26. The predicted octanol–water partition coefficient (Wildman–Crippen LogP) is 3.23. The lowest BCUT2D eigenvalue weighted by atomic mass is 10.1. The number of fused-ring (bicyclic) bond motifs is 1. The van der Waals surface area contributed by atoms with E-state index >= 15 is 0 Å². The van der Waals surface area contributed by atoms with Gasteiger partial charge in [-0.2, -0.15) is 0 Å². The molecule has 2 heterocycles. The van der Waals surface area contributed by atoms with Crippen LogP contribution in [0.2, 0.25) is 0 Å². The van der Waals surface area contributed by atoms with Crippen molar-refractivity contribution in [3.8, 4) is 17.0 Å². The molecule has 0 saturated carbocycles. The predicted molar refractivity (Wildman–Crippen MR) is 82.3 cm³/mol. The van der Waals surface area contributed by atoms with Crippen molar-refractivity contribution in [3.63, 3.8) is 0 Å². The normalized spacial score (nSPS) is 11.2. The van der Waals surface area contributed by atoms with Gasteiger partial charge in [0.05, 0.1) is 18.0 Å². The Bertz CT molecular complexity index is 745. The highest BCUT2D eigenvalue weighted by atomic mass is 32.1. The van der Waals surface area contributed by atoms with Crippen molar-refractivity contribution in [2.45, 2.75) is 20.4 Å². The van der Waals surface area contributed by atoms with Crippen LogP contribution in [0.5, 0.6) is 5.75 Å². The van der Waals surface area contributed by atoms with E-state index in [4.69, 9.17) is 15.5 Å². The fraction of sp³-hybridized carbons (Fsp3) is 0.267. The molecule has 20 heavy (non-hydrogen) atoms. The molecule has 0 radical (unpaired) electrons. The summed E-state index contributed by atoms with van der Waals surface area (Å²) in [5.41, 5.74) is 10.1. The van der Waals surface area contributed by atoms with Crippen molar-refractivity contribution >= 4 is 16.3 Å². The van der Waals surface area contributed by atoms with Crippen LogP contribution < -0.4 is 10.5 Å². The summed E-state index contributed by atoms with van der Waals surface area (Å²) < 4.78 is 7.83. The fourth-order valence-electron chi connectivity index (χ4n) is 2.41. The summed E-state index contributed by atoms with van der Waals surface area (Å²) in [6.07, 6.45) is 0. The first-order valence-electron chi connectivity index (χ1n) is 6.64. The molecule has 104 valence electrons. The summed E-state index contributed by atoms with van der Waals surface area (Å²) >= 11 is 1.63. The van der Waals surface area contributed by atoms with Crippen LogP contribution in [0.1, 0.15) is 18.3 Å². The summed E-state index contributed by atoms with van der Waals surface area (Å²) in [4.78, 5) is 5.72. The molecule has 0 amide bonds. The highest BCUT2D eigenvalue weighted by Gasteiger charge is 2.18. The quantitative estimate of drug-likeness (QED) is 0.801. The van der Waals surface area contributed by atoms with Crippen LogP contribution in [0.25, 0.3) is 16.2 Å². The molecule has 2 N–H and O–H groups in total. The van der Waals surface area contributed by atoms with Gasteiger partial charge in [0.2, 0.25) is 0 Å². The standard InChI is InChI=1S/C15H17N3OS/c1-3-19-13-7-5-4-6-11(13)14-12(8-16)18-10(2)9-20-15(18)17-14/h4-7,9H,3,8,16H2,1-2H3. The number of aromatic nitrogens is 2. The Hall–Kier alpha value is -1.85. The molecule has 4 nitrogen and oxygen atoms in total. The molecule has 3 rings (SSSR count). The second kappa shape index (κ2) is 5.26. The highest BCUT2D eigenvalue weighted by Crippen LogP contribution is 2.34. The van der Waals surface area contributed by atoms with Crippen molar-refractivity contribution < 1.29 is 4.74 Å². The van der Waals surface area contributed by atoms with E-state index in [1.807, 2.05) is 31.2 Å². The maximum atomic E-state index is 5.95. The number of rotatable bonds is 4. The molecule has 1 aromatic carbocycles. The van der Waals surface area contributed by atoms with E-state index in [0.29, 0.717) is 13.2 Å². The van der Waals surface area contributed by atoms with Crippen LogP contribution in [0.4, 0.5) is 0 Å². The van der Waals surface area contributed by atoms with E-state index in [-0.39, 0.29) is 0 Å². The summed E-state index contributed by atoms with van der Waals surface area (Å²) in [6, 6.07) is 7.98. The van der Waals surface area contributed by atoms with Gasteiger partial charge in [-0.25, -0.2) is 4.98 Å². The van der Waals surface area contributed by atoms with Crippen molar-refractivity contribution in [1.82, 2.24) is 9.38 Å². The van der Waals surface area contributed by atoms with Gasteiger partial charge in [-0.1, -0.05) is 12.1 Å². The Labute approximate surface area is 121 Å². The number of hydrogen-bond donors (Lipinski definition) is 1. The molecule has 0 unspecified atom stereocenters. The van der Waals surface area contributed by atoms with Crippen LogP contribution in [0.3, 0.4) is 0 Å². The number of ether oxygens (including phenoxy) is 1. The van der Waals surface area contributed by atoms with Gasteiger partial charge in [-0.05, 0) is 26.0 Å². The Morgan fingerprint density at radius 3 is 2.90 bits per heavy atom. The molecular weight excluding hydrogens is 270 g/mol. The second-order valence-corrected chi connectivity index (χ2v) is 5.37. The van der Waals surface area contributed by atoms with Crippen molar-refractivity contribution in [2.75, 3.05) is 6.61 Å². The largest absolute Gasteiger partial charge is 0.493 e. The van der Waals surface area contributed by atoms with E-state index in [2.05, 4.69) is 16.7 Å². The van der Waals surface area contributed by atoms with Gasteiger partial charge in [0.15, 0.2) is 4.96 Å². The number of imidazole rings is 1. The summed E-state index contributed by atoms with van der Waals surface area (Å²) in [7, 11) is 0. The summed E-state index contributed by atoms with van der Waals surface area (Å²) in [5, 5.41) is 2.10. The average Bonchev–Trinajstić information content (AvgIpc) is 3.00. The first-order chi connectivity index (χ1) is 9.76. The monoisotopic (exact) mass is 287 g/mol. The third-order valence-corrected chi connectivity index (χ3v) is 4.21. The van der Waals surface area contributed by atoms with E-state index < -0.39 is 0 Å². The van der Waals surface area contributed by atoms with Gasteiger partial charge >= 0.3 is 0 Å². The van der Waals surface area contributed by atoms with Crippen LogP contribution in [0.15, 0.2) is 29.6 Å². The van der Waals surface area contributed by atoms with Crippen molar-refractivity contribution in [3.05, 3.63) is 41.0 Å². The minimum Gasteiger partial charge on any atom is -0.493 e. The molecule has 0 aliphatic rings. The smallest absolute Gasteiger partial charge is 0.194 e. The van der Waals surface area contributed by atoms with Crippen LogP contribution in [0, 0.1) is 6.92 Å². The van der Waals surface area contributed by atoms with Crippen LogP contribution >= 0.6 is 11.3 Å². The van der Waals surface area contributed by atoms with E-state index in [1.54, 1.807) is 11.3 Å². The maximum Gasteiger partial charge on any atom is 0.194 e. The lowest BCUT2D eigenvalue weighted by molar-refractivity contribution is 0.341. The molecule has 0 atom stereocenters. The summed E-state index contributed by atoms with van der Waals surface area (Å²) in [5.74, 6) is 0.855. The number of aryl methyl sites for hydroxylation is 1. The van der Waals surface area contributed by atoms with Crippen LogP contribution in [-0.2, 0) is 6.54 Å². The molecule has 0 aliphatic carbocycles. The lowest BCUT2D eigenvalue weighted by Gasteiger charge is -2.09. The Balaban J connectivity index is 2.24.